The van der Waals surface area contributed by atoms with Crippen molar-refractivity contribution in [2.24, 2.45) is 11.7 Å². The van der Waals surface area contributed by atoms with E-state index in [4.69, 9.17) is 15.2 Å². The Morgan fingerprint density at radius 1 is 1.42 bits per heavy atom. The first-order chi connectivity index (χ1) is 5.90. The number of hydrogen-bond donors (Lipinski definition) is 1. The third kappa shape index (κ3) is 1.97. The molecular weight excluding hydrogens is 154 g/mol. The van der Waals surface area contributed by atoms with Crippen LogP contribution in [0.15, 0.2) is 0 Å². The second-order valence-electron chi connectivity index (χ2n) is 3.70. The summed E-state index contributed by atoms with van der Waals surface area (Å²) < 4.78 is 11.2. The van der Waals surface area contributed by atoms with Crippen molar-refractivity contribution in [3.63, 3.8) is 0 Å². The molecule has 0 spiro atoms. The van der Waals surface area contributed by atoms with Crippen LogP contribution in [0.4, 0.5) is 0 Å². The van der Waals surface area contributed by atoms with Crippen LogP contribution in [0, 0.1) is 5.92 Å². The lowest BCUT2D eigenvalue weighted by Gasteiger charge is -2.22. The zero-order chi connectivity index (χ0) is 8.39. The molecule has 1 heterocycles. The molecular formula is C9H17NO2. The summed E-state index contributed by atoms with van der Waals surface area (Å²) >= 11 is 0. The zero-order valence-corrected chi connectivity index (χ0v) is 7.37. The largest absolute Gasteiger partial charge is 0.353 e. The first-order valence-electron chi connectivity index (χ1n) is 4.87. The average molecular weight is 171 g/mol. The lowest BCUT2D eigenvalue weighted by molar-refractivity contribution is -0.171. The fourth-order valence-corrected chi connectivity index (χ4v) is 1.65. The summed E-state index contributed by atoms with van der Waals surface area (Å²) in [5, 5.41) is 0. The van der Waals surface area contributed by atoms with Gasteiger partial charge in [-0.1, -0.05) is 0 Å². The highest BCUT2D eigenvalue weighted by Gasteiger charge is 2.39. The van der Waals surface area contributed by atoms with Crippen molar-refractivity contribution in [2.45, 2.75) is 38.1 Å². The van der Waals surface area contributed by atoms with Crippen molar-refractivity contribution < 1.29 is 9.47 Å². The maximum absolute atomic E-state index is 5.70. The molecule has 2 N–H and O–H groups in total. The smallest absolute Gasteiger partial charge is 0.157 e. The molecule has 0 aromatic carbocycles. The summed E-state index contributed by atoms with van der Waals surface area (Å²) in [6.45, 7) is 1.63. The normalized spacial score (nSPS) is 41.2. The Labute approximate surface area is 73.2 Å². The molecule has 1 saturated carbocycles. The number of rotatable bonds is 3. The van der Waals surface area contributed by atoms with Crippen molar-refractivity contribution in [3.8, 4) is 0 Å². The standard InChI is InChI=1S/C9H17NO2/c10-6-7-5-8(7)12-9-3-1-2-4-11-9/h7-9H,1-6,10H2/t7-,8+,9?/m1/s1. The molecule has 1 aliphatic heterocycles. The van der Waals surface area contributed by atoms with Gasteiger partial charge in [-0.15, -0.1) is 0 Å². The summed E-state index contributed by atoms with van der Waals surface area (Å²) in [5.41, 5.74) is 5.51. The van der Waals surface area contributed by atoms with Crippen LogP contribution in [0.1, 0.15) is 25.7 Å². The molecule has 70 valence electrons. The third-order valence-electron chi connectivity index (χ3n) is 2.62. The van der Waals surface area contributed by atoms with Crippen LogP contribution < -0.4 is 5.73 Å². The lowest BCUT2D eigenvalue weighted by atomic mass is 10.2. The van der Waals surface area contributed by atoms with E-state index < -0.39 is 0 Å². The van der Waals surface area contributed by atoms with Crippen LogP contribution in [0.5, 0.6) is 0 Å². The molecule has 2 aliphatic rings. The minimum absolute atomic E-state index is 0.0697. The van der Waals surface area contributed by atoms with Crippen molar-refractivity contribution in [1.29, 1.82) is 0 Å². The molecule has 3 atom stereocenters. The van der Waals surface area contributed by atoms with E-state index >= 15 is 0 Å². The molecule has 0 aromatic heterocycles. The number of nitrogens with two attached hydrogens (primary N) is 1. The summed E-state index contributed by atoms with van der Waals surface area (Å²) in [5.74, 6) is 0.607. The van der Waals surface area contributed by atoms with Gasteiger partial charge in [0.05, 0.1) is 6.10 Å². The van der Waals surface area contributed by atoms with Gasteiger partial charge in [0.25, 0.3) is 0 Å². The van der Waals surface area contributed by atoms with E-state index in [1.807, 2.05) is 0 Å². The molecule has 0 radical (unpaired) electrons. The fourth-order valence-electron chi connectivity index (χ4n) is 1.65. The Bertz CT molecular complexity index is 145. The van der Waals surface area contributed by atoms with Crippen LogP contribution >= 0.6 is 0 Å². The second-order valence-corrected chi connectivity index (χ2v) is 3.70. The Morgan fingerprint density at radius 2 is 2.33 bits per heavy atom. The molecule has 3 nitrogen and oxygen atoms in total. The highest BCUT2D eigenvalue weighted by Crippen LogP contribution is 2.34. The molecule has 12 heavy (non-hydrogen) atoms. The van der Waals surface area contributed by atoms with E-state index in [9.17, 15) is 0 Å². The van der Waals surface area contributed by atoms with E-state index in [2.05, 4.69) is 0 Å². The molecule has 1 unspecified atom stereocenters. The lowest BCUT2D eigenvalue weighted by Crippen LogP contribution is -2.24. The molecule has 3 heteroatoms. The molecule has 2 fully saturated rings. The Kier molecular flexibility index (Phi) is 2.63. The SMILES string of the molecule is NC[C@H]1C[C@@H]1OC1CCCCO1. The zero-order valence-electron chi connectivity index (χ0n) is 7.37. The van der Waals surface area contributed by atoms with Gasteiger partial charge in [0, 0.05) is 6.61 Å². The van der Waals surface area contributed by atoms with Gasteiger partial charge >= 0.3 is 0 Å². The van der Waals surface area contributed by atoms with Gasteiger partial charge < -0.3 is 15.2 Å². The van der Waals surface area contributed by atoms with Crippen LogP contribution in [0.25, 0.3) is 0 Å². The quantitative estimate of drug-likeness (QED) is 0.685. The highest BCUT2D eigenvalue weighted by molar-refractivity contribution is 4.88. The predicted molar refractivity (Wildman–Crippen MR) is 45.6 cm³/mol. The van der Waals surface area contributed by atoms with Crippen molar-refractivity contribution in [2.75, 3.05) is 13.2 Å². The summed E-state index contributed by atoms with van der Waals surface area (Å²) in [6.07, 6.45) is 5.10. The summed E-state index contributed by atoms with van der Waals surface area (Å²) in [4.78, 5) is 0. The van der Waals surface area contributed by atoms with Gasteiger partial charge in [-0.25, -0.2) is 0 Å². The van der Waals surface area contributed by atoms with Gasteiger partial charge in [-0.3, -0.25) is 0 Å². The van der Waals surface area contributed by atoms with E-state index in [0.717, 1.165) is 26.0 Å². The maximum atomic E-state index is 5.70. The van der Waals surface area contributed by atoms with Crippen molar-refractivity contribution >= 4 is 0 Å². The summed E-state index contributed by atoms with van der Waals surface area (Å²) in [7, 11) is 0. The molecule has 1 aliphatic carbocycles. The molecule has 0 bridgehead atoms. The van der Waals surface area contributed by atoms with Gasteiger partial charge in [-0.05, 0) is 38.1 Å². The van der Waals surface area contributed by atoms with Gasteiger partial charge in [-0.2, -0.15) is 0 Å². The van der Waals surface area contributed by atoms with E-state index in [0.29, 0.717) is 12.0 Å². The Morgan fingerprint density at radius 3 is 2.92 bits per heavy atom. The third-order valence-corrected chi connectivity index (χ3v) is 2.62. The Balaban J connectivity index is 1.66. The van der Waals surface area contributed by atoms with Crippen LogP contribution in [0.2, 0.25) is 0 Å². The second kappa shape index (κ2) is 3.73. The molecule has 1 saturated heterocycles. The first kappa shape index (κ1) is 8.48. The van der Waals surface area contributed by atoms with Crippen LogP contribution in [-0.4, -0.2) is 25.5 Å². The van der Waals surface area contributed by atoms with Gasteiger partial charge in [0.15, 0.2) is 6.29 Å². The van der Waals surface area contributed by atoms with Crippen LogP contribution in [0.3, 0.4) is 0 Å². The molecule has 2 rings (SSSR count). The van der Waals surface area contributed by atoms with Crippen molar-refractivity contribution in [3.05, 3.63) is 0 Å². The van der Waals surface area contributed by atoms with Crippen molar-refractivity contribution in [1.82, 2.24) is 0 Å². The average Bonchev–Trinajstić information content (AvgIpc) is 2.85. The minimum Gasteiger partial charge on any atom is -0.353 e. The topological polar surface area (TPSA) is 44.5 Å². The Hall–Kier alpha value is -0.120. The highest BCUT2D eigenvalue weighted by atomic mass is 16.7. The predicted octanol–water partition coefficient (Wildman–Crippen LogP) is 0.877. The summed E-state index contributed by atoms with van der Waals surface area (Å²) in [6, 6.07) is 0. The monoisotopic (exact) mass is 171 g/mol. The van der Waals surface area contributed by atoms with Gasteiger partial charge in [0.1, 0.15) is 0 Å². The maximum Gasteiger partial charge on any atom is 0.157 e. The van der Waals surface area contributed by atoms with E-state index in [1.165, 1.54) is 12.8 Å². The van der Waals surface area contributed by atoms with E-state index in [1.54, 1.807) is 0 Å². The van der Waals surface area contributed by atoms with Gasteiger partial charge in [0.2, 0.25) is 0 Å². The fraction of sp³-hybridized carbons (Fsp3) is 1.00. The number of ether oxygens (including phenoxy) is 2. The molecule has 0 amide bonds. The van der Waals surface area contributed by atoms with E-state index in [-0.39, 0.29) is 6.29 Å². The first-order valence-corrected chi connectivity index (χ1v) is 4.87. The number of hydrogen-bond acceptors (Lipinski definition) is 3. The molecule has 0 aromatic rings. The minimum atomic E-state index is 0.0697. The van der Waals surface area contributed by atoms with Crippen LogP contribution in [-0.2, 0) is 9.47 Å².